The molecule has 1 aromatic carbocycles. The summed E-state index contributed by atoms with van der Waals surface area (Å²) in [6, 6.07) is 7.76. The van der Waals surface area contributed by atoms with Crippen molar-refractivity contribution >= 4 is 11.7 Å². The molecule has 2 aromatic rings. The number of ether oxygens (including phenoxy) is 1. The molecule has 0 saturated carbocycles. The Morgan fingerprint density at radius 3 is 2.92 bits per heavy atom. The van der Waals surface area contributed by atoms with Gasteiger partial charge in [0.25, 0.3) is 0 Å². The highest BCUT2D eigenvalue weighted by atomic mass is 16.5. The van der Waals surface area contributed by atoms with Crippen LogP contribution in [0.2, 0.25) is 0 Å². The summed E-state index contributed by atoms with van der Waals surface area (Å²) in [6.07, 6.45) is 3.59. The molecule has 2 aliphatic heterocycles. The fourth-order valence-corrected chi connectivity index (χ4v) is 3.76. The van der Waals surface area contributed by atoms with Crippen molar-refractivity contribution in [3.63, 3.8) is 0 Å². The van der Waals surface area contributed by atoms with Crippen LogP contribution >= 0.6 is 0 Å². The standard InChI is InChI=1S/C18H23N5O2/c1-11-19-12(2)23(22-11)10-13-4-3-5-14(8-13)20-18(24)21-16-9-15-6-7-17(16)25-15/h3-5,8,15-17H,6-7,9-10H2,1-2H3,(H2,20,21,24). The van der Waals surface area contributed by atoms with Gasteiger partial charge in [-0.25, -0.2) is 14.5 Å². The van der Waals surface area contributed by atoms with E-state index in [0.717, 1.165) is 42.2 Å². The number of carbonyl (C=O) groups is 1. The smallest absolute Gasteiger partial charge is 0.319 e. The molecule has 3 heterocycles. The van der Waals surface area contributed by atoms with Crippen LogP contribution in [0.1, 0.15) is 36.5 Å². The molecule has 2 amide bonds. The molecule has 0 aliphatic carbocycles. The van der Waals surface area contributed by atoms with E-state index in [1.807, 2.05) is 42.8 Å². The van der Waals surface area contributed by atoms with Crippen molar-refractivity contribution in [2.24, 2.45) is 0 Å². The van der Waals surface area contributed by atoms with Gasteiger partial charge in [0.1, 0.15) is 11.6 Å². The topological polar surface area (TPSA) is 81.1 Å². The zero-order chi connectivity index (χ0) is 17.4. The van der Waals surface area contributed by atoms with Crippen LogP contribution in [0.3, 0.4) is 0 Å². The maximum atomic E-state index is 12.3. The fourth-order valence-electron chi connectivity index (χ4n) is 3.76. The van der Waals surface area contributed by atoms with E-state index >= 15 is 0 Å². The van der Waals surface area contributed by atoms with Crippen LogP contribution in [0.15, 0.2) is 24.3 Å². The number of anilines is 1. The second-order valence-electron chi connectivity index (χ2n) is 6.88. The molecule has 1 aromatic heterocycles. The zero-order valence-corrected chi connectivity index (χ0v) is 14.5. The van der Waals surface area contributed by atoms with Gasteiger partial charge in [-0.1, -0.05) is 12.1 Å². The molecule has 25 heavy (non-hydrogen) atoms. The third kappa shape index (κ3) is 3.51. The van der Waals surface area contributed by atoms with E-state index in [4.69, 9.17) is 4.74 Å². The Labute approximate surface area is 146 Å². The predicted octanol–water partition coefficient (Wildman–Crippen LogP) is 2.38. The van der Waals surface area contributed by atoms with Crippen LogP contribution in [0.4, 0.5) is 10.5 Å². The molecule has 2 N–H and O–H groups in total. The molecule has 7 heteroatoms. The Hall–Kier alpha value is -2.41. The van der Waals surface area contributed by atoms with Crippen molar-refractivity contribution in [2.45, 2.75) is 57.9 Å². The van der Waals surface area contributed by atoms with E-state index in [1.54, 1.807) is 0 Å². The number of benzene rings is 1. The maximum absolute atomic E-state index is 12.3. The highest BCUT2D eigenvalue weighted by Crippen LogP contribution is 2.34. The number of carbonyl (C=O) groups excluding carboxylic acids is 1. The molecule has 2 fully saturated rings. The molecule has 7 nitrogen and oxygen atoms in total. The number of aromatic nitrogens is 3. The summed E-state index contributed by atoms with van der Waals surface area (Å²) in [5, 5.41) is 10.3. The van der Waals surface area contributed by atoms with Crippen molar-refractivity contribution in [2.75, 3.05) is 5.32 Å². The molecule has 132 valence electrons. The van der Waals surface area contributed by atoms with Gasteiger partial charge < -0.3 is 15.4 Å². The molecule has 2 aliphatic rings. The number of nitrogens with zero attached hydrogens (tertiary/aromatic N) is 3. The van der Waals surface area contributed by atoms with Crippen LogP contribution in [0, 0.1) is 13.8 Å². The third-order valence-electron chi connectivity index (χ3n) is 4.90. The minimum absolute atomic E-state index is 0.128. The normalized spacial score (nSPS) is 24.5. The highest BCUT2D eigenvalue weighted by molar-refractivity contribution is 5.89. The number of rotatable bonds is 4. The summed E-state index contributed by atoms with van der Waals surface area (Å²) >= 11 is 0. The maximum Gasteiger partial charge on any atom is 0.319 e. The van der Waals surface area contributed by atoms with E-state index in [-0.39, 0.29) is 18.2 Å². The van der Waals surface area contributed by atoms with Crippen molar-refractivity contribution in [1.82, 2.24) is 20.1 Å². The van der Waals surface area contributed by atoms with E-state index in [0.29, 0.717) is 12.6 Å². The van der Waals surface area contributed by atoms with Crippen molar-refractivity contribution in [1.29, 1.82) is 0 Å². The van der Waals surface area contributed by atoms with Gasteiger partial charge in [-0.2, -0.15) is 5.10 Å². The first-order valence-corrected chi connectivity index (χ1v) is 8.77. The minimum atomic E-state index is -0.175. The van der Waals surface area contributed by atoms with Crippen LogP contribution in [-0.4, -0.2) is 39.0 Å². The number of nitrogens with one attached hydrogen (secondary N) is 2. The monoisotopic (exact) mass is 341 g/mol. The van der Waals surface area contributed by atoms with Crippen molar-refractivity contribution in [3.8, 4) is 0 Å². The summed E-state index contributed by atoms with van der Waals surface area (Å²) in [5.74, 6) is 1.64. The summed E-state index contributed by atoms with van der Waals surface area (Å²) in [6.45, 7) is 4.45. The number of urea groups is 1. The van der Waals surface area contributed by atoms with E-state index in [2.05, 4.69) is 20.7 Å². The molecular weight excluding hydrogens is 318 g/mol. The molecule has 0 spiro atoms. The lowest BCUT2D eigenvalue weighted by Crippen LogP contribution is -2.43. The van der Waals surface area contributed by atoms with Crippen molar-refractivity contribution < 1.29 is 9.53 Å². The Morgan fingerprint density at radius 1 is 1.36 bits per heavy atom. The number of hydrogen-bond donors (Lipinski definition) is 2. The molecule has 0 radical (unpaired) electrons. The Balaban J connectivity index is 1.37. The van der Waals surface area contributed by atoms with Gasteiger partial charge >= 0.3 is 6.03 Å². The van der Waals surface area contributed by atoms with Crippen LogP contribution in [-0.2, 0) is 11.3 Å². The molecular formula is C18H23N5O2. The fraction of sp³-hybridized carbons (Fsp3) is 0.500. The van der Waals surface area contributed by atoms with Crippen LogP contribution in [0.5, 0.6) is 0 Å². The average molecular weight is 341 g/mol. The largest absolute Gasteiger partial charge is 0.373 e. The van der Waals surface area contributed by atoms with Gasteiger partial charge in [0.15, 0.2) is 0 Å². The summed E-state index contributed by atoms with van der Waals surface area (Å²) in [4.78, 5) is 16.6. The summed E-state index contributed by atoms with van der Waals surface area (Å²) in [5.41, 5.74) is 1.84. The first-order chi connectivity index (χ1) is 12.1. The number of aryl methyl sites for hydroxylation is 2. The van der Waals surface area contributed by atoms with Gasteiger partial charge in [0.2, 0.25) is 0 Å². The first-order valence-electron chi connectivity index (χ1n) is 8.77. The molecule has 4 rings (SSSR count). The lowest BCUT2D eigenvalue weighted by atomic mass is 9.96. The lowest BCUT2D eigenvalue weighted by Gasteiger charge is -2.20. The zero-order valence-electron chi connectivity index (χ0n) is 14.5. The SMILES string of the molecule is Cc1nc(C)n(Cc2cccc(NC(=O)NC3CC4CCC3O4)c2)n1. The van der Waals surface area contributed by atoms with Crippen LogP contribution in [0.25, 0.3) is 0 Å². The van der Waals surface area contributed by atoms with Gasteiger partial charge in [-0.3, -0.25) is 0 Å². The predicted molar refractivity (Wildman–Crippen MR) is 93.5 cm³/mol. The molecule has 2 saturated heterocycles. The second kappa shape index (κ2) is 6.48. The quantitative estimate of drug-likeness (QED) is 0.895. The number of amides is 2. The first kappa shape index (κ1) is 16.1. The van der Waals surface area contributed by atoms with E-state index in [1.165, 1.54) is 0 Å². The lowest BCUT2D eigenvalue weighted by molar-refractivity contribution is 0.0984. The van der Waals surface area contributed by atoms with Crippen molar-refractivity contribution in [3.05, 3.63) is 41.5 Å². The number of hydrogen-bond acceptors (Lipinski definition) is 4. The van der Waals surface area contributed by atoms with Gasteiger partial charge in [0.05, 0.1) is 24.8 Å². The van der Waals surface area contributed by atoms with Gasteiger partial charge in [0, 0.05) is 5.69 Å². The Kier molecular flexibility index (Phi) is 4.17. The molecule has 2 bridgehead atoms. The van der Waals surface area contributed by atoms with E-state index in [9.17, 15) is 4.79 Å². The van der Waals surface area contributed by atoms with Gasteiger partial charge in [-0.15, -0.1) is 0 Å². The van der Waals surface area contributed by atoms with E-state index < -0.39 is 0 Å². The van der Waals surface area contributed by atoms with Gasteiger partial charge in [-0.05, 0) is 50.8 Å². The summed E-state index contributed by atoms with van der Waals surface area (Å²) < 4.78 is 7.64. The molecule has 3 unspecified atom stereocenters. The Bertz CT molecular complexity index is 788. The second-order valence-corrected chi connectivity index (χ2v) is 6.88. The third-order valence-corrected chi connectivity index (χ3v) is 4.90. The molecule has 3 atom stereocenters. The number of fused-ring (bicyclic) bond motifs is 2. The Morgan fingerprint density at radius 2 is 2.24 bits per heavy atom. The highest BCUT2D eigenvalue weighted by Gasteiger charge is 2.41. The van der Waals surface area contributed by atoms with Crippen LogP contribution < -0.4 is 10.6 Å². The summed E-state index contributed by atoms with van der Waals surface area (Å²) in [7, 11) is 0. The average Bonchev–Trinajstić information content (AvgIpc) is 3.24. The minimum Gasteiger partial charge on any atom is -0.373 e.